The van der Waals surface area contributed by atoms with Crippen molar-refractivity contribution in [1.29, 1.82) is 0 Å². The molecule has 26 heavy (non-hydrogen) atoms. The van der Waals surface area contributed by atoms with Gasteiger partial charge in [0.05, 0.1) is 12.2 Å². The van der Waals surface area contributed by atoms with Crippen molar-refractivity contribution >= 4 is 21.4 Å². The molecular weight excluding hydrogens is 360 g/mol. The number of aliphatic hydroxyl groups excluding tert-OH is 3. The number of ether oxygens (including phenoxy) is 1. The first-order chi connectivity index (χ1) is 12.5. The first-order valence-corrected chi connectivity index (χ1v) is 8.78. The topological polar surface area (TPSA) is 125 Å². The number of benzene rings is 1. The van der Waals surface area contributed by atoms with E-state index in [4.69, 9.17) is 4.74 Å². The van der Waals surface area contributed by atoms with Crippen molar-refractivity contribution in [3.05, 3.63) is 57.4 Å². The molecular formula is C17H16N2O6S. The van der Waals surface area contributed by atoms with E-state index in [1.54, 1.807) is 0 Å². The number of nitrogens with zero attached hydrogens (tertiary/aromatic N) is 1. The number of nitrogens with one attached hydrogen (secondary N) is 1. The van der Waals surface area contributed by atoms with Gasteiger partial charge in [-0.3, -0.25) is 14.3 Å². The largest absolute Gasteiger partial charge is 0.394 e. The Morgan fingerprint density at radius 3 is 2.65 bits per heavy atom. The lowest BCUT2D eigenvalue weighted by molar-refractivity contribution is -0.0549. The number of aromatic amines is 1. The van der Waals surface area contributed by atoms with Gasteiger partial charge in [0.25, 0.3) is 5.56 Å². The first-order valence-electron chi connectivity index (χ1n) is 7.96. The van der Waals surface area contributed by atoms with Gasteiger partial charge in [0.1, 0.15) is 18.3 Å². The van der Waals surface area contributed by atoms with Crippen molar-refractivity contribution in [2.75, 3.05) is 6.61 Å². The van der Waals surface area contributed by atoms with Crippen molar-refractivity contribution in [2.45, 2.75) is 24.5 Å². The van der Waals surface area contributed by atoms with Gasteiger partial charge < -0.3 is 20.1 Å². The lowest BCUT2D eigenvalue weighted by Gasteiger charge is -2.17. The molecule has 3 heterocycles. The molecule has 1 saturated heterocycles. The van der Waals surface area contributed by atoms with Gasteiger partial charge in [-0.25, -0.2) is 4.79 Å². The Bertz CT molecular complexity index is 1040. The molecule has 9 heteroatoms. The van der Waals surface area contributed by atoms with Gasteiger partial charge in [-0.2, -0.15) is 0 Å². The SMILES string of the molecule is O=c1[nH]c(=O)n([C@@H]2O[C@H](CO)[C@@H](O)[C@H]2O)cc1-c1cc2ccccc2s1. The fraction of sp³-hybridized carbons (Fsp3) is 0.294. The summed E-state index contributed by atoms with van der Waals surface area (Å²) in [6, 6.07) is 9.48. The van der Waals surface area contributed by atoms with Crippen LogP contribution in [-0.4, -0.2) is 49.8 Å². The third-order valence-electron chi connectivity index (χ3n) is 4.45. The number of rotatable bonds is 3. The minimum absolute atomic E-state index is 0.253. The van der Waals surface area contributed by atoms with Gasteiger partial charge in [0, 0.05) is 15.8 Å². The maximum atomic E-state index is 12.3. The minimum Gasteiger partial charge on any atom is -0.394 e. The highest BCUT2D eigenvalue weighted by atomic mass is 32.1. The predicted molar refractivity (Wildman–Crippen MR) is 95.2 cm³/mol. The van der Waals surface area contributed by atoms with E-state index in [1.165, 1.54) is 17.5 Å². The molecule has 0 unspecified atom stereocenters. The Morgan fingerprint density at radius 2 is 1.96 bits per heavy atom. The number of hydrogen-bond acceptors (Lipinski definition) is 7. The molecule has 4 atom stereocenters. The molecule has 0 saturated carbocycles. The molecule has 3 aromatic rings. The summed E-state index contributed by atoms with van der Waals surface area (Å²) in [5, 5.41) is 30.2. The zero-order valence-corrected chi connectivity index (χ0v) is 14.2. The maximum Gasteiger partial charge on any atom is 0.330 e. The van der Waals surface area contributed by atoms with Crippen LogP contribution in [-0.2, 0) is 4.74 Å². The molecule has 136 valence electrons. The summed E-state index contributed by atoms with van der Waals surface area (Å²) >= 11 is 1.40. The quantitative estimate of drug-likeness (QED) is 0.511. The zero-order valence-electron chi connectivity index (χ0n) is 13.4. The highest BCUT2D eigenvalue weighted by Gasteiger charge is 2.43. The van der Waals surface area contributed by atoms with E-state index in [-0.39, 0.29) is 5.56 Å². The Balaban J connectivity index is 1.82. The lowest BCUT2D eigenvalue weighted by Crippen LogP contribution is -2.38. The second-order valence-electron chi connectivity index (χ2n) is 6.09. The van der Waals surface area contributed by atoms with E-state index in [9.17, 15) is 24.9 Å². The molecule has 0 bridgehead atoms. The normalized spacial score (nSPS) is 25.8. The molecule has 1 aliphatic rings. The lowest BCUT2D eigenvalue weighted by atomic mass is 10.1. The van der Waals surface area contributed by atoms with Gasteiger partial charge in [-0.05, 0) is 17.5 Å². The van der Waals surface area contributed by atoms with Crippen molar-refractivity contribution in [1.82, 2.24) is 9.55 Å². The van der Waals surface area contributed by atoms with Crippen molar-refractivity contribution in [2.24, 2.45) is 0 Å². The molecule has 4 rings (SSSR count). The third kappa shape index (κ3) is 2.70. The monoisotopic (exact) mass is 376 g/mol. The van der Waals surface area contributed by atoms with E-state index in [0.29, 0.717) is 4.88 Å². The Hall–Kier alpha value is -2.30. The summed E-state index contributed by atoms with van der Waals surface area (Å²) in [5.74, 6) is 0. The van der Waals surface area contributed by atoms with Crippen LogP contribution in [0.2, 0.25) is 0 Å². The van der Waals surface area contributed by atoms with Crippen molar-refractivity contribution in [3.8, 4) is 10.4 Å². The molecule has 0 spiro atoms. The smallest absolute Gasteiger partial charge is 0.330 e. The Labute approximate surface area is 150 Å². The molecule has 2 aromatic heterocycles. The van der Waals surface area contributed by atoms with E-state index in [1.807, 2.05) is 30.3 Å². The summed E-state index contributed by atoms with van der Waals surface area (Å²) in [7, 11) is 0. The Morgan fingerprint density at radius 1 is 1.19 bits per heavy atom. The third-order valence-corrected chi connectivity index (χ3v) is 5.60. The number of aromatic nitrogens is 2. The van der Waals surface area contributed by atoms with E-state index in [2.05, 4.69) is 4.98 Å². The maximum absolute atomic E-state index is 12.3. The summed E-state index contributed by atoms with van der Waals surface area (Å²) in [6.07, 6.45) is -3.66. The van der Waals surface area contributed by atoms with Gasteiger partial charge in [0.15, 0.2) is 6.23 Å². The number of hydrogen-bond donors (Lipinski definition) is 4. The summed E-state index contributed by atoms with van der Waals surface area (Å²) < 4.78 is 7.41. The molecule has 1 aliphatic heterocycles. The molecule has 0 radical (unpaired) electrons. The van der Waals surface area contributed by atoms with Crippen LogP contribution in [0.15, 0.2) is 46.1 Å². The van der Waals surface area contributed by atoms with Crippen LogP contribution < -0.4 is 11.2 Å². The van der Waals surface area contributed by atoms with Crippen LogP contribution in [0.1, 0.15) is 6.23 Å². The van der Waals surface area contributed by atoms with Crippen molar-refractivity contribution < 1.29 is 20.1 Å². The fourth-order valence-electron chi connectivity index (χ4n) is 3.07. The summed E-state index contributed by atoms with van der Waals surface area (Å²) in [6.45, 7) is -0.504. The van der Waals surface area contributed by atoms with E-state index >= 15 is 0 Å². The second-order valence-corrected chi connectivity index (χ2v) is 7.17. The average molecular weight is 376 g/mol. The van der Waals surface area contributed by atoms with Crippen LogP contribution in [0.4, 0.5) is 0 Å². The molecule has 0 amide bonds. The molecule has 0 aliphatic carbocycles. The minimum atomic E-state index is -1.41. The van der Waals surface area contributed by atoms with Crippen LogP contribution in [0.5, 0.6) is 0 Å². The van der Waals surface area contributed by atoms with Gasteiger partial charge in [-0.1, -0.05) is 18.2 Å². The van der Waals surface area contributed by atoms with Gasteiger partial charge in [0.2, 0.25) is 0 Å². The van der Waals surface area contributed by atoms with Crippen LogP contribution in [0.25, 0.3) is 20.5 Å². The van der Waals surface area contributed by atoms with Crippen molar-refractivity contribution in [3.63, 3.8) is 0 Å². The number of H-pyrrole nitrogens is 1. The number of fused-ring (bicyclic) bond motifs is 1. The molecule has 1 aromatic carbocycles. The van der Waals surface area contributed by atoms with Crippen LogP contribution >= 0.6 is 11.3 Å². The van der Waals surface area contributed by atoms with Gasteiger partial charge in [-0.15, -0.1) is 11.3 Å². The fourth-order valence-corrected chi connectivity index (χ4v) is 4.14. The van der Waals surface area contributed by atoms with Crippen LogP contribution in [0, 0.1) is 0 Å². The second kappa shape index (κ2) is 6.45. The molecule has 1 fully saturated rings. The van der Waals surface area contributed by atoms with Crippen LogP contribution in [0.3, 0.4) is 0 Å². The van der Waals surface area contributed by atoms with E-state index in [0.717, 1.165) is 14.7 Å². The highest BCUT2D eigenvalue weighted by Crippen LogP contribution is 2.33. The average Bonchev–Trinajstić information content (AvgIpc) is 3.17. The standard InChI is InChI=1S/C17H16N2O6S/c20-7-10-13(21)14(22)16(25-10)19-6-9(15(23)18-17(19)24)12-5-8-3-1-2-4-11(8)26-12/h1-6,10,13-14,16,20-22H,7H2,(H,18,23,24)/t10-,13-,14-,16-/m1/s1. The molecule has 4 N–H and O–H groups in total. The highest BCUT2D eigenvalue weighted by molar-refractivity contribution is 7.22. The Kier molecular flexibility index (Phi) is 4.25. The van der Waals surface area contributed by atoms with Gasteiger partial charge >= 0.3 is 5.69 Å². The summed E-state index contributed by atoms with van der Waals surface area (Å²) in [5.41, 5.74) is -1.07. The number of thiophene rings is 1. The predicted octanol–water partition coefficient (Wildman–Crippen LogP) is 0.0298. The van der Waals surface area contributed by atoms with E-state index < -0.39 is 42.4 Å². The number of aliphatic hydroxyl groups is 3. The molecule has 8 nitrogen and oxygen atoms in total. The summed E-state index contributed by atoms with van der Waals surface area (Å²) in [4.78, 5) is 27.4. The zero-order chi connectivity index (χ0) is 18.4. The first kappa shape index (κ1) is 17.1.